The molecule has 10 aromatic rings. The maximum atomic E-state index is 2.64. The molecule has 0 aromatic heterocycles. The molecule has 0 N–H and O–H groups in total. The Kier molecular flexibility index (Phi) is 8.70. The monoisotopic (exact) mass is 855 g/mol. The van der Waals surface area contributed by atoms with Gasteiger partial charge in [0.25, 0.3) is 0 Å². The zero-order valence-corrected chi connectivity index (χ0v) is 40.9. The van der Waals surface area contributed by atoms with Crippen molar-refractivity contribution in [3.63, 3.8) is 0 Å². The standard InChI is InChI=1S/C61H53NSi2/c1-36-32-51-56(47-20-12-8-16-43(36)47)57-48-21-13-9-17-44(48)37(2)33-52(57)60(51,4)61(5)53-34-38(3)45-18-10-14-22-49(45)58(53)59-50-23-15-11-19-46(50)55(35-54(59)61)62(39-24-28-41(63-6)29-25-39)40-26-30-42(64-7)31-27-40/h8-35H,63-64H2,1-7H3. The van der Waals surface area contributed by atoms with Crippen LogP contribution in [0.2, 0.25) is 13.1 Å². The lowest BCUT2D eigenvalue weighted by molar-refractivity contribution is 0.376. The van der Waals surface area contributed by atoms with E-state index in [-0.39, 0.29) is 19.0 Å². The molecule has 0 spiro atoms. The van der Waals surface area contributed by atoms with E-state index in [1.54, 1.807) is 0 Å². The summed E-state index contributed by atoms with van der Waals surface area (Å²) in [6.45, 7) is 17.0. The summed E-state index contributed by atoms with van der Waals surface area (Å²) < 4.78 is 0. The molecule has 3 heteroatoms. The lowest BCUT2D eigenvalue weighted by Crippen LogP contribution is -2.44. The molecule has 1 atom stereocenters. The highest BCUT2D eigenvalue weighted by molar-refractivity contribution is 6.52. The third-order valence-corrected chi connectivity index (χ3v) is 18.5. The lowest BCUT2D eigenvalue weighted by Gasteiger charge is -2.46. The van der Waals surface area contributed by atoms with Gasteiger partial charge in [-0.25, -0.2) is 0 Å². The average Bonchev–Trinajstić information content (AvgIpc) is 3.75. The van der Waals surface area contributed by atoms with Crippen LogP contribution in [0.15, 0.2) is 170 Å². The number of nitrogens with zero attached hydrogens (tertiary/aromatic N) is 1. The second-order valence-electron chi connectivity index (χ2n) is 19.0. The van der Waals surface area contributed by atoms with Crippen LogP contribution in [0.1, 0.15) is 52.8 Å². The van der Waals surface area contributed by atoms with Crippen molar-refractivity contribution in [3.05, 3.63) is 209 Å². The lowest BCUT2D eigenvalue weighted by atomic mass is 9.56. The van der Waals surface area contributed by atoms with E-state index in [2.05, 4.69) is 222 Å². The van der Waals surface area contributed by atoms with Crippen LogP contribution in [0, 0.1) is 20.8 Å². The van der Waals surface area contributed by atoms with Gasteiger partial charge < -0.3 is 4.90 Å². The van der Waals surface area contributed by atoms with Crippen molar-refractivity contribution in [2.45, 2.75) is 58.5 Å². The van der Waals surface area contributed by atoms with Gasteiger partial charge in [0, 0.05) is 27.6 Å². The Bertz CT molecular complexity index is 3440. The van der Waals surface area contributed by atoms with Gasteiger partial charge in [-0.1, -0.05) is 177 Å². The summed E-state index contributed by atoms with van der Waals surface area (Å²) in [5.74, 6) is 0. The third kappa shape index (κ3) is 5.17. The molecule has 310 valence electrons. The molecule has 10 aromatic carbocycles. The van der Waals surface area contributed by atoms with Crippen molar-refractivity contribution < 1.29 is 0 Å². The van der Waals surface area contributed by atoms with Crippen LogP contribution in [0.4, 0.5) is 17.1 Å². The third-order valence-electron chi connectivity index (χ3n) is 15.9. The van der Waals surface area contributed by atoms with Crippen LogP contribution < -0.4 is 15.3 Å². The molecule has 64 heavy (non-hydrogen) atoms. The maximum Gasteiger partial charge on any atom is 0.0543 e. The summed E-state index contributed by atoms with van der Waals surface area (Å²) in [6, 6.07) is 66.1. The largest absolute Gasteiger partial charge is 0.310 e. The minimum atomic E-state index is -0.504. The number of fused-ring (bicyclic) bond motifs is 14. The summed E-state index contributed by atoms with van der Waals surface area (Å²) in [6.07, 6.45) is 0. The second kappa shape index (κ2) is 14.2. The molecule has 2 aliphatic rings. The predicted octanol–water partition coefficient (Wildman–Crippen LogP) is 13.7. The molecule has 0 saturated carbocycles. The molecule has 12 rings (SSSR count). The van der Waals surface area contributed by atoms with Gasteiger partial charge in [0.1, 0.15) is 0 Å². The summed E-state index contributed by atoms with van der Waals surface area (Å²) in [5.41, 5.74) is 17.8. The fourth-order valence-corrected chi connectivity index (χ4v) is 13.8. The smallest absolute Gasteiger partial charge is 0.0543 e. The van der Waals surface area contributed by atoms with Crippen LogP contribution in [0.3, 0.4) is 0 Å². The Labute approximate surface area is 382 Å². The minimum absolute atomic E-state index is 0.300. The fourth-order valence-electron chi connectivity index (χ4n) is 12.4. The molecular weight excluding hydrogens is 803 g/mol. The number of aryl methyl sites for hydroxylation is 3. The molecule has 0 heterocycles. The van der Waals surface area contributed by atoms with E-state index in [0.717, 1.165) is 0 Å². The average molecular weight is 856 g/mol. The fraction of sp³-hybridized carbons (Fsp3) is 0.148. The summed E-state index contributed by atoms with van der Waals surface area (Å²) >= 11 is 0. The maximum absolute atomic E-state index is 2.64. The van der Waals surface area contributed by atoms with Gasteiger partial charge >= 0.3 is 0 Å². The first-order valence-electron chi connectivity index (χ1n) is 23.3. The number of anilines is 3. The summed E-state index contributed by atoms with van der Waals surface area (Å²) in [4.78, 5) is 2.56. The molecule has 0 aliphatic heterocycles. The number of hydrogen-bond acceptors (Lipinski definition) is 1. The first-order valence-corrected chi connectivity index (χ1v) is 27.5. The highest BCUT2D eigenvalue weighted by Gasteiger charge is 2.59. The van der Waals surface area contributed by atoms with Gasteiger partial charge in [0.15, 0.2) is 0 Å². The summed E-state index contributed by atoms with van der Waals surface area (Å²) in [5, 5.41) is 13.6. The van der Waals surface area contributed by atoms with Crippen molar-refractivity contribution in [1.29, 1.82) is 0 Å². The predicted molar refractivity (Wildman–Crippen MR) is 284 cm³/mol. The van der Waals surface area contributed by atoms with Crippen molar-refractivity contribution >= 4 is 89.6 Å². The van der Waals surface area contributed by atoms with Gasteiger partial charge in [0.2, 0.25) is 0 Å². The minimum Gasteiger partial charge on any atom is -0.310 e. The summed E-state index contributed by atoms with van der Waals surface area (Å²) in [7, 11) is -0.600. The second-order valence-corrected chi connectivity index (χ2v) is 22.0. The number of rotatable bonds is 6. The van der Waals surface area contributed by atoms with Crippen LogP contribution in [-0.2, 0) is 10.8 Å². The first-order chi connectivity index (χ1) is 31.2. The molecule has 0 bridgehead atoms. The van der Waals surface area contributed by atoms with E-state index in [9.17, 15) is 0 Å². The van der Waals surface area contributed by atoms with Crippen LogP contribution in [0.25, 0.3) is 65.3 Å². The van der Waals surface area contributed by atoms with Gasteiger partial charge in [-0.05, 0) is 150 Å². The zero-order valence-electron chi connectivity index (χ0n) is 38.0. The van der Waals surface area contributed by atoms with E-state index in [0.29, 0.717) is 0 Å². The topological polar surface area (TPSA) is 3.24 Å². The van der Waals surface area contributed by atoms with Crippen molar-refractivity contribution in [2.75, 3.05) is 4.90 Å². The van der Waals surface area contributed by atoms with Gasteiger partial charge in [-0.15, -0.1) is 0 Å². The van der Waals surface area contributed by atoms with Crippen LogP contribution in [-0.4, -0.2) is 19.0 Å². The molecular formula is C61H53NSi2. The van der Waals surface area contributed by atoms with E-state index in [1.807, 2.05) is 0 Å². The number of benzene rings is 10. The van der Waals surface area contributed by atoms with Crippen LogP contribution in [0.5, 0.6) is 0 Å². The van der Waals surface area contributed by atoms with E-state index in [1.165, 1.54) is 132 Å². The van der Waals surface area contributed by atoms with Crippen molar-refractivity contribution in [2.24, 2.45) is 0 Å². The van der Waals surface area contributed by atoms with Gasteiger partial charge in [-0.3, -0.25) is 0 Å². The quantitative estimate of drug-likeness (QED) is 0.151. The Morgan fingerprint density at radius 3 is 0.953 bits per heavy atom. The first kappa shape index (κ1) is 39.1. The van der Waals surface area contributed by atoms with Crippen molar-refractivity contribution in [3.8, 4) is 22.3 Å². The normalized spacial score (nSPS) is 16.1. The van der Waals surface area contributed by atoms with E-state index >= 15 is 0 Å². The van der Waals surface area contributed by atoms with Gasteiger partial charge in [0.05, 0.1) is 24.7 Å². The molecule has 2 aliphatic carbocycles. The highest BCUT2D eigenvalue weighted by atomic mass is 28.2. The molecule has 0 radical (unpaired) electrons. The SMILES string of the molecule is C[SiH2]c1ccc(N(c2ccc([SiH2]C)cc2)c2cc3c(c4ccccc24)-c2c(cc(C)c4ccccc24)C3(C)C2(C)c3cc(C)c4ccccc4c3-c3c2cc(C)c2ccccc32)cc1. The zero-order chi connectivity index (χ0) is 43.6. The number of hydrogen-bond donors (Lipinski definition) is 0. The highest BCUT2D eigenvalue weighted by Crippen LogP contribution is 2.69. The Morgan fingerprint density at radius 1 is 0.344 bits per heavy atom. The molecule has 0 saturated heterocycles. The molecule has 1 unspecified atom stereocenters. The Morgan fingerprint density at radius 2 is 0.625 bits per heavy atom. The van der Waals surface area contributed by atoms with E-state index in [4.69, 9.17) is 0 Å². The Hall–Kier alpha value is -6.53. The van der Waals surface area contributed by atoms with Gasteiger partial charge in [-0.2, -0.15) is 0 Å². The van der Waals surface area contributed by atoms with Crippen molar-refractivity contribution in [1.82, 2.24) is 0 Å². The van der Waals surface area contributed by atoms with E-state index < -0.39 is 10.8 Å². The molecule has 1 nitrogen and oxygen atoms in total. The Balaban J connectivity index is 1.27. The molecule has 0 amide bonds. The molecule has 0 fully saturated rings. The van der Waals surface area contributed by atoms with Crippen LogP contribution >= 0.6 is 0 Å².